The van der Waals surface area contributed by atoms with Gasteiger partial charge in [0.15, 0.2) is 0 Å². The summed E-state index contributed by atoms with van der Waals surface area (Å²) in [4.78, 5) is 16.7. The van der Waals surface area contributed by atoms with Crippen LogP contribution in [-0.2, 0) is 0 Å². The van der Waals surface area contributed by atoms with Crippen molar-refractivity contribution in [1.82, 2.24) is 4.98 Å². The molecule has 0 aliphatic rings. The van der Waals surface area contributed by atoms with Crippen molar-refractivity contribution in [2.24, 2.45) is 0 Å². The summed E-state index contributed by atoms with van der Waals surface area (Å²) in [5, 5.41) is 6.53. The highest BCUT2D eigenvalue weighted by atomic mass is 79.9. The smallest absolute Gasteiger partial charge is 0.259 e. The fourth-order valence-corrected chi connectivity index (χ4v) is 2.34. The first-order valence-corrected chi connectivity index (χ1v) is 7.65. The molecule has 0 aliphatic carbocycles. The summed E-state index contributed by atoms with van der Waals surface area (Å²) in [6, 6.07) is 7.12. The molecule has 0 bridgehead atoms. The van der Waals surface area contributed by atoms with Gasteiger partial charge in [-0.3, -0.25) is 4.79 Å². The number of aryl methyl sites for hydroxylation is 1. The van der Waals surface area contributed by atoms with E-state index >= 15 is 0 Å². The summed E-state index contributed by atoms with van der Waals surface area (Å²) in [7, 11) is 0. The molecule has 2 aromatic rings. The number of anilines is 2. The zero-order valence-corrected chi connectivity index (χ0v) is 14.0. The molecule has 1 amide bonds. The fourth-order valence-electron chi connectivity index (χ4n) is 1.84. The zero-order valence-electron chi connectivity index (χ0n) is 11.7. The molecule has 1 aromatic carbocycles. The van der Waals surface area contributed by atoms with Crippen molar-refractivity contribution in [2.75, 3.05) is 17.2 Å². The Morgan fingerprint density at radius 1 is 1.38 bits per heavy atom. The molecule has 0 saturated heterocycles. The quantitative estimate of drug-likeness (QED) is 0.836. The third-order valence-corrected chi connectivity index (χ3v) is 3.56. The molecule has 0 saturated carbocycles. The second-order valence-corrected chi connectivity index (χ2v) is 5.85. The SMILES string of the molecule is CCNc1ncc(Br)cc1C(=O)Nc1cc(Cl)ccc1C. The third kappa shape index (κ3) is 3.95. The predicted molar refractivity (Wildman–Crippen MR) is 90.2 cm³/mol. The maximum absolute atomic E-state index is 12.5. The molecular formula is C15H15BrClN3O. The van der Waals surface area contributed by atoms with Crippen molar-refractivity contribution in [2.45, 2.75) is 13.8 Å². The fraction of sp³-hybridized carbons (Fsp3) is 0.200. The highest BCUT2D eigenvalue weighted by Gasteiger charge is 2.14. The Labute approximate surface area is 137 Å². The van der Waals surface area contributed by atoms with E-state index in [-0.39, 0.29) is 5.91 Å². The summed E-state index contributed by atoms with van der Waals surface area (Å²) >= 11 is 9.30. The molecule has 21 heavy (non-hydrogen) atoms. The largest absolute Gasteiger partial charge is 0.370 e. The van der Waals surface area contributed by atoms with E-state index < -0.39 is 0 Å². The number of carbonyl (C=O) groups is 1. The molecule has 0 fully saturated rings. The Hall–Kier alpha value is -1.59. The first-order chi connectivity index (χ1) is 10.0. The van der Waals surface area contributed by atoms with E-state index in [0.717, 1.165) is 10.0 Å². The van der Waals surface area contributed by atoms with Crippen molar-refractivity contribution < 1.29 is 4.79 Å². The second kappa shape index (κ2) is 6.91. The van der Waals surface area contributed by atoms with Crippen LogP contribution in [0.5, 0.6) is 0 Å². The van der Waals surface area contributed by atoms with Gasteiger partial charge in [-0.25, -0.2) is 4.98 Å². The van der Waals surface area contributed by atoms with Crippen molar-refractivity contribution in [3.8, 4) is 0 Å². The standard InChI is InChI=1S/C15H15BrClN3O/c1-3-18-14-12(6-10(16)8-19-14)15(21)20-13-7-11(17)5-4-9(13)2/h4-8H,3H2,1-2H3,(H,18,19)(H,20,21). The van der Waals surface area contributed by atoms with Crippen LogP contribution in [0.15, 0.2) is 34.9 Å². The van der Waals surface area contributed by atoms with Crippen molar-refractivity contribution in [3.05, 3.63) is 51.1 Å². The molecule has 0 spiro atoms. The van der Waals surface area contributed by atoms with Gasteiger partial charge in [0.1, 0.15) is 5.82 Å². The summed E-state index contributed by atoms with van der Waals surface area (Å²) < 4.78 is 0.747. The van der Waals surface area contributed by atoms with Crippen LogP contribution in [0.2, 0.25) is 5.02 Å². The van der Waals surface area contributed by atoms with E-state index in [1.165, 1.54) is 0 Å². The van der Waals surface area contributed by atoms with Crippen LogP contribution in [0.25, 0.3) is 0 Å². The van der Waals surface area contributed by atoms with Gasteiger partial charge < -0.3 is 10.6 Å². The number of carbonyl (C=O) groups excluding carboxylic acids is 1. The summed E-state index contributed by atoms with van der Waals surface area (Å²) in [5.74, 6) is 0.322. The van der Waals surface area contributed by atoms with Crippen LogP contribution >= 0.6 is 27.5 Å². The number of nitrogens with zero attached hydrogens (tertiary/aromatic N) is 1. The number of pyridine rings is 1. The van der Waals surface area contributed by atoms with Gasteiger partial charge in [0, 0.05) is 27.9 Å². The summed E-state index contributed by atoms with van der Waals surface area (Å²) in [6.45, 7) is 4.55. The topological polar surface area (TPSA) is 54.0 Å². The van der Waals surface area contributed by atoms with Crippen LogP contribution in [-0.4, -0.2) is 17.4 Å². The molecule has 110 valence electrons. The van der Waals surface area contributed by atoms with Crippen LogP contribution < -0.4 is 10.6 Å². The number of benzene rings is 1. The Morgan fingerprint density at radius 3 is 2.86 bits per heavy atom. The molecule has 0 atom stereocenters. The normalized spacial score (nSPS) is 10.3. The number of halogens is 2. The van der Waals surface area contributed by atoms with Gasteiger partial charge in [-0.2, -0.15) is 0 Å². The lowest BCUT2D eigenvalue weighted by atomic mass is 10.2. The molecule has 0 radical (unpaired) electrons. The maximum Gasteiger partial charge on any atom is 0.259 e. The molecule has 1 heterocycles. The molecule has 1 aromatic heterocycles. The third-order valence-electron chi connectivity index (χ3n) is 2.89. The average Bonchev–Trinajstić information content (AvgIpc) is 2.45. The van der Waals surface area contributed by atoms with Gasteiger partial charge >= 0.3 is 0 Å². The van der Waals surface area contributed by atoms with Crippen LogP contribution in [0.3, 0.4) is 0 Å². The van der Waals surface area contributed by atoms with Crippen molar-refractivity contribution in [1.29, 1.82) is 0 Å². The van der Waals surface area contributed by atoms with Gasteiger partial charge in [-0.1, -0.05) is 17.7 Å². The van der Waals surface area contributed by atoms with E-state index in [2.05, 4.69) is 31.5 Å². The van der Waals surface area contributed by atoms with Gasteiger partial charge in [0.25, 0.3) is 5.91 Å². The summed E-state index contributed by atoms with van der Waals surface area (Å²) in [6.07, 6.45) is 1.65. The minimum absolute atomic E-state index is 0.231. The lowest BCUT2D eigenvalue weighted by Crippen LogP contribution is -2.16. The first kappa shape index (κ1) is 15.8. The number of hydrogen-bond donors (Lipinski definition) is 2. The molecule has 2 rings (SSSR count). The monoisotopic (exact) mass is 367 g/mol. The van der Waals surface area contributed by atoms with Gasteiger partial charge in [-0.05, 0) is 53.5 Å². The molecule has 4 nitrogen and oxygen atoms in total. The van der Waals surface area contributed by atoms with Crippen LogP contribution in [0.1, 0.15) is 22.8 Å². The Kier molecular flexibility index (Phi) is 5.20. The molecule has 2 N–H and O–H groups in total. The van der Waals surface area contributed by atoms with Crippen molar-refractivity contribution in [3.63, 3.8) is 0 Å². The lowest BCUT2D eigenvalue weighted by molar-refractivity contribution is 0.102. The van der Waals surface area contributed by atoms with Crippen LogP contribution in [0, 0.1) is 6.92 Å². The number of hydrogen-bond acceptors (Lipinski definition) is 3. The summed E-state index contributed by atoms with van der Waals surface area (Å²) in [5.41, 5.74) is 2.11. The number of nitrogens with one attached hydrogen (secondary N) is 2. The minimum atomic E-state index is -0.231. The Morgan fingerprint density at radius 2 is 2.14 bits per heavy atom. The molecule has 0 unspecified atom stereocenters. The van der Waals surface area contributed by atoms with Gasteiger partial charge in [0.05, 0.1) is 5.56 Å². The van der Waals surface area contributed by atoms with E-state index in [1.54, 1.807) is 24.4 Å². The predicted octanol–water partition coefficient (Wildman–Crippen LogP) is 4.49. The van der Waals surface area contributed by atoms with E-state index in [1.807, 2.05) is 19.9 Å². The van der Waals surface area contributed by atoms with Gasteiger partial charge in [0.2, 0.25) is 0 Å². The average molecular weight is 369 g/mol. The lowest BCUT2D eigenvalue weighted by Gasteiger charge is -2.12. The molecule has 6 heteroatoms. The Bertz CT molecular complexity index is 676. The molecule has 0 aliphatic heterocycles. The first-order valence-electron chi connectivity index (χ1n) is 6.48. The number of amides is 1. The van der Waals surface area contributed by atoms with Crippen LogP contribution in [0.4, 0.5) is 11.5 Å². The van der Waals surface area contributed by atoms with E-state index in [9.17, 15) is 4.79 Å². The second-order valence-electron chi connectivity index (χ2n) is 4.49. The number of rotatable bonds is 4. The van der Waals surface area contributed by atoms with Gasteiger partial charge in [-0.15, -0.1) is 0 Å². The molecular weight excluding hydrogens is 354 g/mol. The zero-order chi connectivity index (χ0) is 15.4. The minimum Gasteiger partial charge on any atom is -0.370 e. The highest BCUT2D eigenvalue weighted by molar-refractivity contribution is 9.10. The van der Waals surface area contributed by atoms with E-state index in [4.69, 9.17) is 11.6 Å². The maximum atomic E-state index is 12.5. The highest BCUT2D eigenvalue weighted by Crippen LogP contribution is 2.23. The van der Waals surface area contributed by atoms with Crippen molar-refractivity contribution >= 4 is 44.9 Å². The Balaban J connectivity index is 2.31. The van der Waals surface area contributed by atoms with E-state index in [0.29, 0.717) is 28.6 Å². The number of aromatic nitrogens is 1.